The minimum atomic E-state index is 0.237. The maximum atomic E-state index is 9.48. The summed E-state index contributed by atoms with van der Waals surface area (Å²) < 4.78 is 5.92. The van der Waals surface area contributed by atoms with Gasteiger partial charge in [0.1, 0.15) is 17.6 Å². The number of aromatic hydroxyl groups is 1. The van der Waals surface area contributed by atoms with Crippen LogP contribution in [0, 0.1) is 0 Å². The second-order valence-electron chi connectivity index (χ2n) is 5.34. The van der Waals surface area contributed by atoms with Crippen LogP contribution in [-0.4, -0.2) is 24.3 Å². The zero-order valence-electron chi connectivity index (χ0n) is 11.8. The number of ether oxygens (including phenoxy) is 1. The van der Waals surface area contributed by atoms with Crippen molar-refractivity contribution >= 4 is 0 Å². The van der Waals surface area contributed by atoms with Crippen LogP contribution >= 0.6 is 0 Å². The Labute approximate surface area is 116 Å². The fourth-order valence-electron chi connectivity index (χ4n) is 2.50. The molecule has 3 nitrogen and oxygen atoms in total. The van der Waals surface area contributed by atoms with Crippen LogP contribution in [0.15, 0.2) is 18.2 Å². The lowest BCUT2D eigenvalue weighted by molar-refractivity contribution is 0.170. The molecule has 0 bridgehead atoms. The Morgan fingerprint density at radius 1 is 1.32 bits per heavy atom. The van der Waals surface area contributed by atoms with E-state index in [4.69, 9.17) is 4.74 Å². The van der Waals surface area contributed by atoms with Crippen molar-refractivity contribution in [1.29, 1.82) is 0 Å². The van der Waals surface area contributed by atoms with Gasteiger partial charge in [-0.25, -0.2) is 0 Å². The summed E-state index contributed by atoms with van der Waals surface area (Å²) in [7, 11) is 0. The van der Waals surface area contributed by atoms with Crippen molar-refractivity contribution in [2.24, 2.45) is 0 Å². The molecule has 0 saturated carbocycles. The number of fused-ring (bicyclic) bond motifs is 1. The number of phenols is 1. The fourth-order valence-corrected chi connectivity index (χ4v) is 2.50. The monoisotopic (exact) mass is 263 g/mol. The molecule has 1 atom stereocenters. The number of rotatable bonds is 7. The van der Waals surface area contributed by atoms with Crippen LogP contribution in [0.2, 0.25) is 0 Å². The zero-order chi connectivity index (χ0) is 13.5. The Bertz CT molecular complexity index is 392. The molecule has 0 unspecified atom stereocenters. The molecule has 2 rings (SSSR count). The molecule has 0 aliphatic carbocycles. The van der Waals surface area contributed by atoms with Crippen LogP contribution in [0.5, 0.6) is 11.5 Å². The van der Waals surface area contributed by atoms with E-state index in [1.165, 1.54) is 31.2 Å². The van der Waals surface area contributed by atoms with Crippen LogP contribution in [0.4, 0.5) is 0 Å². The zero-order valence-corrected chi connectivity index (χ0v) is 11.8. The quantitative estimate of drug-likeness (QED) is 0.742. The second kappa shape index (κ2) is 7.39. The van der Waals surface area contributed by atoms with Gasteiger partial charge in [0.05, 0.1) is 0 Å². The van der Waals surface area contributed by atoms with Crippen molar-refractivity contribution in [3.63, 3.8) is 0 Å². The molecule has 19 heavy (non-hydrogen) atoms. The summed E-state index contributed by atoms with van der Waals surface area (Å²) in [5.41, 5.74) is 1.21. The first kappa shape index (κ1) is 14.2. The molecule has 1 aromatic carbocycles. The highest BCUT2D eigenvalue weighted by atomic mass is 16.5. The Balaban J connectivity index is 1.70. The van der Waals surface area contributed by atoms with E-state index in [9.17, 15) is 5.11 Å². The van der Waals surface area contributed by atoms with Crippen LogP contribution < -0.4 is 10.1 Å². The first-order chi connectivity index (χ1) is 9.29. The van der Waals surface area contributed by atoms with Gasteiger partial charge in [0.25, 0.3) is 0 Å². The van der Waals surface area contributed by atoms with E-state index in [0.29, 0.717) is 0 Å². The van der Waals surface area contributed by atoms with Gasteiger partial charge in [-0.15, -0.1) is 0 Å². The van der Waals surface area contributed by atoms with Gasteiger partial charge in [0, 0.05) is 12.6 Å². The maximum absolute atomic E-state index is 9.48. The number of hydrogen-bond acceptors (Lipinski definition) is 3. The Kier molecular flexibility index (Phi) is 5.52. The van der Waals surface area contributed by atoms with Crippen molar-refractivity contribution in [3.05, 3.63) is 23.8 Å². The van der Waals surface area contributed by atoms with Crippen LogP contribution in [0.25, 0.3) is 0 Å². The molecular formula is C16H25NO2. The average Bonchev–Trinajstić information content (AvgIpc) is 2.42. The second-order valence-corrected chi connectivity index (χ2v) is 5.34. The highest BCUT2D eigenvalue weighted by Crippen LogP contribution is 2.30. The van der Waals surface area contributed by atoms with Crippen LogP contribution in [0.1, 0.15) is 44.6 Å². The fraction of sp³-hybridized carbons (Fsp3) is 0.625. The predicted molar refractivity (Wildman–Crippen MR) is 77.9 cm³/mol. The molecule has 3 heteroatoms. The topological polar surface area (TPSA) is 41.5 Å². The molecule has 1 aliphatic rings. The van der Waals surface area contributed by atoms with E-state index in [-0.39, 0.29) is 11.9 Å². The van der Waals surface area contributed by atoms with Gasteiger partial charge in [0.2, 0.25) is 0 Å². The highest BCUT2D eigenvalue weighted by molar-refractivity contribution is 5.41. The molecule has 0 fully saturated rings. The molecule has 0 saturated heterocycles. The minimum absolute atomic E-state index is 0.237. The number of aryl methyl sites for hydroxylation is 1. The smallest absolute Gasteiger partial charge is 0.126 e. The van der Waals surface area contributed by atoms with Crippen molar-refractivity contribution < 1.29 is 9.84 Å². The van der Waals surface area contributed by atoms with E-state index in [1.807, 2.05) is 6.07 Å². The normalized spacial score (nSPS) is 17.8. The van der Waals surface area contributed by atoms with Gasteiger partial charge in [0.15, 0.2) is 0 Å². The van der Waals surface area contributed by atoms with Gasteiger partial charge in [-0.05, 0) is 37.4 Å². The third-order valence-corrected chi connectivity index (χ3v) is 3.66. The van der Waals surface area contributed by atoms with Gasteiger partial charge in [-0.3, -0.25) is 0 Å². The van der Waals surface area contributed by atoms with Crippen LogP contribution in [0.3, 0.4) is 0 Å². The van der Waals surface area contributed by atoms with Gasteiger partial charge < -0.3 is 15.2 Å². The molecule has 2 N–H and O–H groups in total. The molecular weight excluding hydrogens is 238 g/mol. The summed E-state index contributed by atoms with van der Waals surface area (Å²) in [6, 6.07) is 5.41. The van der Waals surface area contributed by atoms with Gasteiger partial charge in [-0.1, -0.05) is 32.3 Å². The third kappa shape index (κ3) is 4.43. The molecule has 0 amide bonds. The summed E-state index contributed by atoms with van der Waals surface area (Å²) in [6.07, 6.45) is 7.50. The molecule has 0 spiro atoms. The lowest BCUT2D eigenvalue weighted by Gasteiger charge is -2.26. The van der Waals surface area contributed by atoms with E-state index in [1.54, 1.807) is 12.1 Å². The summed E-state index contributed by atoms with van der Waals surface area (Å²) in [4.78, 5) is 0. The van der Waals surface area contributed by atoms with Crippen molar-refractivity contribution in [2.45, 2.75) is 51.6 Å². The summed E-state index contributed by atoms with van der Waals surface area (Å²) in [6.45, 7) is 4.21. The van der Waals surface area contributed by atoms with Crippen molar-refractivity contribution in [3.8, 4) is 11.5 Å². The lowest BCUT2D eigenvalue weighted by atomic mass is 10.0. The number of benzene rings is 1. The Hall–Kier alpha value is -1.22. The number of phenolic OH excluding ortho intramolecular Hbond substituents is 1. The van der Waals surface area contributed by atoms with Gasteiger partial charge in [-0.2, -0.15) is 0 Å². The minimum Gasteiger partial charge on any atom is -0.508 e. The maximum Gasteiger partial charge on any atom is 0.126 e. The SMILES string of the molecule is CCCCCCNC[C@@H]1CCc2ccc(O)cc2O1. The molecule has 0 radical (unpaired) electrons. The Morgan fingerprint density at radius 2 is 2.21 bits per heavy atom. The van der Waals surface area contributed by atoms with Crippen LogP contribution in [-0.2, 0) is 6.42 Å². The first-order valence-corrected chi connectivity index (χ1v) is 7.49. The highest BCUT2D eigenvalue weighted by Gasteiger charge is 2.19. The Morgan fingerprint density at radius 3 is 3.05 bits per heavy atom. The lowest BCUT2D eigenvalue weighted by Crippen LogP contribution is -2.34. The molecule has 1 heterocycles. The van der Waals surface area contributed by atoms with E-state index >= 15 is 0 Å². The molecule has 1 aromatic rings. The predicted octanol–water partition coefficient (Wildman–Crippen LogP) is 3.26. The van der Waals surface area contributed by atoms with Crippen molar-refractivity contribution in [2.75, 3.05) is 13.1 Å². The summed E-state index contributed by atoms with van der Waals surface area (Å²) >= 11 is 0. The first-order valence-electron chi connectivity index (χ1n) is 7.49. The molecule has 1 aliphatic heterocycles. The standard InChI is InChI=1S/C16H25NO2/c1-2-3-4-5-10-17-12-15-9-7-13-6-8-14(18)11-16(13)19-15/h6,8,11,15,17-18H,2-5,7,9-10,12H2,1H3/t15-/m0/s1. The van der Waals surface area contributed by atoms with Gasteiger partial charge >= 0.3 is 0 Å². The number of hydrogen-bond donors (Lipinski definition) is 2. The average molecular weight is 263 g/mol. The number of nitrogens with one attached hydrogen (secondary N) is 1. The van der Waals surface area contributed by atoms with Crippen molar-refractivity contribution in [1.82, 2.24) is 5.32 Å². The van der Waals surface area contributed by atoms with E-state index in [0.717, 1.165) is 31.7 Å². The molecule has 0 aromatic heterocycles. The van der Waals surface area contributed by atoms with E-state index < -0.39 is 0 Å². The third-order valence-electron chi connectivity index (χ3n) is 3.66. The summed E-state index contributed by atoms with van der Waals surface area (Å²) in [5, 5.41) is 12.9. The summed E-state index contributed by atoms with van der Waals surface area (Å²) in [5.74, 6) is 1.14. The molecule has 106 valence electrons. The largest absolute Gasteiger partial charge is 0.508 e. The van der Waals surface area contributed by atoms with E-state index in [2.05, 4.69) is 12.2 Å². The number of unbranched alkanes of at least 4 members (excludes halogenated alkanes) is 3.